The minimum Gasteiger partial charge on any atom is -0.237 e. The molecule has 3 rings (SSSR count). The van der Waals surface area contributed by atoms with Gasteiger partial charge >= 0.3 is 0 Å². The van der Waals surface area contributed by atoms with Gasteiger partial charge in [0.05, 0.1) is 5.69 Å². The van der Waals surface area contributed by atoms with E-state index in [0.717, 1.165) is 16.7 Å². The fraction of sp³-hybridized carbons (Fsp3) is 0.0769. The van der Waals surface area contributed by atoms with Crippen molar-refractivity contribution in [3.05, 3.63) is 60.5 Å². The lowest BCUT2D eigenvalue weighted by molar-refractivity contribution is 1.02. The second kappa shape index (κ2) is 3.31. The lowest BCUT2D eigenvalue weighted by atomic mass is 10.1. The van der Waals surface area contributed by atoms with E-state index in [-0.39, 0.29) is 0 Å². The topological polar surface area (TPSA) is 25.8 Å². The normalized spacial score (nSPS) is 15.2. The molecule has 1 aliphatic rings. The van der Waals surface area contributed by atoms with Gasteiger partial charge in [0, 0.05) is 17.5 Å². The fourth-order valence-electron chi connectivity index (χ4n) is 1.78. The van der Waals surface area contributed by atoms with Gasteiger partial charge in [-0.1, -0.05) is 24.3 Å². The molecule has 0 amide bonds. The number of fused-ring (bicyclic) bond motifs is 1. The number of rotatable bonds is 1. The predicted octanol–water partition coefficient (Wildman–Crippen LogP) is 2.84. The average Bonchev–Trinajstić information content (AvgIpc) is 2.82. The maximum Gasteiger partial charge on any atom is 0.159 e. The molecule has 0 aromatic carbocycles. The number of pyridine rings is 2. The number of aromatic nitrogens is 2. The summed E-state index contributed by atoms with van der Waals surface area (Å²) in [6.07, 6.45) is 10.2. The molecule has 2 nitrogen and oxygen atoms in total. The third-order valence-corrected chi connectivity index (χ3v) is 2.58. The maximum absolute atomic E-state index is 4.54. The highest BCUT2D eigenvalue weighted by atomic mass is 14.8. The van der Waals surface area contributed by atoms with Crippen LogP contribution in [0.2, 0.25) is 0 Å². The van der Waals surface area contributed by atoms with Crippen LogP contribution in [0.3, 0.4) is 0 Å². The maximum atomic E-state index is 4.54. The molecule has 0 atom stereocenters. The standard InChI is InChI=1S/C13H10N2/c1-2-5-10(4-1)12-8-7-11-6-3-9-14-13(11)15-12/h1-10H. The third-order valence-electron chi connectivity index (χ3n) is 2.58. The lowest BCUT2D eigenvalue weighted by Crippen LogP contribution is -1.94. The molecular formula is C13H10N2. The molecule has 0 unspecified atom stereocenters. The summed E-state index contributed by atoms with van der Waals surface area (Å²) in [6.45, 7) is 0. The van der Waals surface area contributed by atoms with Gasteiger partial charge in [-0.3, -0.25) is 0 Å². The third kappa shape index (κ3) is 1.44. The van der Waals surface area contributed by atoms with E-state index < -0.39 is 0 Å². The number of hydrogen-bond donors (Lipinski definition) is 0. The van der Waals surface area contributed by atoms with Crippen molar-refractivity contribution in [2.75, 3.05) is 0 Å². The molecular weight excluding hydrogens is 184 g/mol. The summed E-state index contributed by atoms with van der Waals surface area (Å²) >= 11 is 0. The first kappa shape index (κ1) is 8.36. The van der Waals surface area contributed by atoms with Crippen molar-refractivity contribution in [3.8, 4) is 0 Å². The van der Waals surface area contributed by atoms with Crippen LogP contribution in [0, 0.1) is 0 Å². The highest BCUT2D eigenvalue weighted by Gasteiger charge is 2.08. The first-order valence-corrected chi connectivity index (χ1v) is 5.00. The SMILES string of the molecule is C1=CC(c2ccc3cccnc3n2)C=C1. The molecule has 72 valence electrons. The largest absolute Gasteiger partial charge is 0.237 e. The Kier molecular flexibility index (Phi) is 1.85. The van der Waals surface area contributed by atoms with E-state index in [1.54, 1.807) is 6.20 Å². The van der Waals surface area contributed by atoms with E-state index in [1.165, 1.54) is 0 Å². The Morgan fingerprint density at radius 2 is 1.87 bits per heavy atom. The van der Waals surface area contributed by atoms with E-state index in [1.807, 2.05) is 12.1 Å². The molecule has 2 heterocycles. The zero-order chi connectivity index (χ0) is 10.1. The summed E-state index contributed by atoms with van der Waals surface area (Å²) in [4.78, 5) is 8.80. The summed E-state index contributed by atoms with van der Waals surface area (Å²) in [7, 11) is 0. The van der Waals surface area contributed by atoms with Gasteiger partial charge in [-0.15, -0.1) is 0 Å². The molecule has 2 heteroatoms. The lowest BCUT2D eigenvalue weighted by Gasteiger charge is -2.05. The monoisotopic (exact) mass is 194 g/mol. The van der Waals surface area contributed by atoms with Crippen molar-refractivity contribution in [3.63, 3.8) is 0 Å². The minimum atomic E-state index is 0.316. The summed E-state index contributed by atoms with van der Waals surface area (Å²) < 4.78 is 0. The fourth-order valence-corrected chi connectivity index (χ4v) is 1.78. The Hall–Kier alpha value is -1.96. The molecule has 15 heavy (non-hydrogen) atoms. The van der Waals surface area contributed by atoms with Crippen molar-refractivity contribution in [2.24, 2.45) is 0 Å². The summed E-state index contributed by atoms with van der Waals surface area (Å²) in [6, 6.07) is 8.10. The van der Waals surface area contributed by atoms with Gasteiger partial charge in [0.2, 0.25) is 0 Å². The molecule has 0 saturated carbocycles. The number of allylic oxidation sites excluding steroid dienone is 4. The Labute approximate surface area is 88.0 Å². The van der Waals surface area contributed by atoms with Crippen molar-refractivity contribution in [1.82, 2.24) is 9.97 Å². The Morgan fingerprint density at radius 3 is 2.73 bits per heavy atom. The average molecular weight is 194 g/mol. The second-order valence-corrected chi connectivity index (χ2v) is 3.58. The predicted molar refractivity (Wildman–Crippen MR) is 60.6 cm³/mol. The van der Waals surface area contributed by atoms with Gasteiger partial charge < -0.3 is 0 Å². The minimum absolute atomic E-state index is 0.316. The van der Waals surface area contributed by atoms with Gasteiger partial charge in [0.15, 0.2) is 5.65 Å². The van der Waals surface area contributed by atoms with Crippen LogP contribution in [-0.2, 0) is 0 Å². The molecule has 1 aliphatic carbocycles. The Morgan fingerprint density at radius 1 is 1.00 bits per heavy atom. The van der Waals surface area contributed by atoms with E-state index in [4.69, 9.17) is 0 Å². The van der Waals surface area contributed by atoms with Crippen molar-refractivity contribution in [2.45, 2.75) is 5.92 Å². The number of nitrogens with zero attached hydrogens (tertiary/aromatic N) is 2. The highest BCUT2D eigenvalue weighted by Crippen LogP contribution is 2.22. The van der Waals surface area contributed by atoms with Crippen LogP contribution in [0.5, 0.6) is 0 Å². The first-order valence-electron chi connectivity index (χ1n) is 5.00. The van der Waals surface area contributed by atoms with E-state index in [0.29, 0.717) is 5.92 Å². The molecule has 0 N–H and O–H groups in total. The van der Waals surface area contributed by atoms with E-state index >= 15 is 0 Å². The molecule has 0 aliphatic heterocycles. The quantitative estimate of drug-likeness (QED) is 0.697. The second-order valence-electron chi connectivity index (χ2n) is 3.58. The van der Waals surface area contributed by atoms with Gasteiger partial charge in [-0.25, -0.2) is 9.97 Å². The first-order chi connectivity index (χ1) is 7.43. The number of hydrogen-bond acceptors (Lipinski definition) is 2. The summed E-state index contributed by atoms with van der Waals surface area (Å²) in [5, 5.41) is 1.09. The zero-order valence-corrected chi connectivity index (χ0v) is 8.17. The van der Waals surface area contributed by atoms with Crippen LogP contribution < -0.4 is 0 Å². The summed E-state index contributed by atoms with van der Waals surface area (Å²) in [5.41, 5.74) is 1.88. The van der Waals surface area contributed by atoms with Crippen LogP contribution in [0.1, 0.15) is 11.6 Å². The van der Waals surface area contributed by atoms with E-state index in [9.17, 15) is 0 Å². The van der Waals surface area contributed by atoms with Crippen molar-refractivity contribution in [1.29, 1.82) is 0 Å². The smallest absolute Gasteiger partial charge is 0.159 e. The molecule has 0 radical (unpaired) electrons. The van der Waals surface area contributed by atoms with E-state index in [2.05, 4.69) is 46.4 Å². The summed E-state index contributed by atoms with van der Waals surface area (Å²) in [5.74, 6) is 0.316. The van der Waals surface area contributed by atoms with Crippen LogP contribution in [0.15, 0.2) is 54.8 Å². The molecule has 0 spiro atoms. The van der Waals surface area contributed by atoms with Gasteiger partial charge in [-0.2, -0.15) is 0 Å². The van der Waals surface area contributed by atoms with Gasteiger partial charge in [-0.05, 0) is 24.3 Å². The van der Waals surface area contributed by atoms with Crippen LogP contribution >= 0.6 is 0 Å². The molecule has 0 saturated heterocycles. The zero-order valence-electron chi connectivity index (χ0n) is 8.17. The van der Waals surface area contributed by atoms with Crippen LogP contribution in [-0.4, -0.2) is 9.97 Å². The van der Waals surface area contributed by atoms with Gasteiger partial charge in [0.1, 0.15) is 0 Å². The highest BCUT2D eigenvalue weighted by molar-refractivity contribution is 5.74. The molecule has 2 aromatic rings. The Balaban J connectivity index is 2.13. The van der Waals surface area contributed by atoms with Crippen LogP contribution in [0.4, 0.5) is 0 Å². The molecule has 2 aromatic heterocycles. The van der Waals surface area contributed by atoms with Crippen molar-refractivity contribution >= 4 is 11.0 Å². The Bertz CT molecular complexity index is 543. The van der Waals surface area contributed by atoms with Crippen LogP contribution in [0.25, 0.3) is 11.0 Å². The van der Waals surface area contributed by atoms with Crippen molar-refractivity contribution < 1.29 is 0 Å². The molecule has 0 bridgehead atoms. The van der Waals surface area contributed by atoms with Gasteiger partial charge in [0.25, 0.3) is 0 Å². The molecule has 0 fully saturated rings.